The molecule has 0 amide bonds. The van der Waals surface area contributed by atoms with Crippen LogP contribution in [0.25, 0.3) is 0 Å². The van der Waals surface area contributed by atoms with Gasteiger partial charge in [-0.25, -0.2) is 0 Å². The summed E-state index contributed by atoms with van der Waals surface area (Å²) in [6, 6.07) is 11.7. The van der Waals surface area contributed by atoms with E-state index >= 15 is 0 Å². The minimum Gasteiger partial charge on any atom is -0.488 e. The number of oxime groups is 1. The van der Waals surface area contributed by atoms with Crippen molar-refractivity contribution in [3.05, 3.63) is 68.2 Å². The summed E-state index contributed by atoms with van der Waals surface area (Å²) in [5.74, 6) is 0.401. The molecule has 0 aliphatic heterocycles. The zero-order valence-electron chi connectivity index (χ0n) is 10.8. The SMILES string of the molecule is O=[N+]([O-])c1ccc(OCc2cccc(Br)c2)c(/C=N/O)c1. The van der Waals surface area contributed by atoms with Crippen LogP contribution in [0.5, 0.6) is 5.75 Å². The van der Waals surface area contributed by atoms with Gasteiger partial charge >= 0.3 is 0 Å². The van der Waals surface area contributed by atoms with E-state index in [1.165, 1.54) is 18.2 Å². The number of nitrogens with zero attached hydrogens (tertiary/aromatic N) is 2. The van der Waals surface area contributed by atoms with Crippen LogP contribution in [0, 0.1) is 10.1 Å². The van der Waals surface area contributed by atoms with Crippen molar-refractivity contribution in [1.29, 1.82) is 0 Å². The first-order valence-corrected chi connectivity index (χ1v) is 6.72. The molecule has 0 saturated heterocycles. The van der Waals surface area contributed by atoms with E-state index < -0.39 is 4.92 Å². The molecule has 0 unspecified atom stereocenters. The summed E-state index contributed by atoms with van der Waals surface area (Å²) in [4.78, 5) is 10.2. The summed E-state index contributed by atoms with van der Waals surface area (Å²) in [5.41, 5.74) is 1.18. The lowest BCUT2D eigenvalue weighted by molar-refractivity contribution is -0.384. The van der Waals surface area contributed by atoms with Crippen molar-refractivity contribution in [3.63, 3.8) is 0 Å². The van der Waals surface area contributed by atoms with Crippen LogP contribution >= 0.6 is 15.9 Å². The minimum atomic E-state index is -0.521. The molecule has 0 heterocycles. The third-order valence-corrected chi connectivity index (χ3v) is 3.18. The number of hydrogen-bond acceptors (Lipinski definition) is 5. The van der Waals surface area contributed by atoms with E-state index in [2.05, 4.69) is 21.1 Å². The molecule has 0 atom stereocenters. The zero-order valence-corrected chi connectivity index (χ0v) is 12.4. The van der Waals surface area contributed by atoms with E-state index in [1.807, 2.05) is 24.3 Å². The van der Waals surface area contributed by atoms with Gasteiger partial charge in [0.1, 0.15) is 12.4 Å². The van der Waals surface area contributed by atoms with Crippen LogP contribution in [0.1, 0.15) is 11.1 Å². The average Bonchev–Trinajstić information content (AvgIpc) is 2.46. The lowest BCUT2D eigenvalue weighted by Crippen LogP contribution is -1.99. The monoisotopic (exact) mass is 350 g/mol. The molecule has 108 valence electrons. The fourth-order valence-electron chi connectivity index (χ4n) is 1.73. The van der Waals surface area contributed by atoms with Gasteiger partial charge in [-0.1, -0.05) is 33.2 Å². The molecule has 7 heteroatoms. The van der Waals surface area contributed by atoms with E-state index in [9.17, 15) is 10.1 Å². The van der Waals surface area contributed by atoms with Crippen molar-refractivity contribution in [2.24, 2.45) is 5.16 Å². The summed E-state index contributed by atoms with van der Waals surface area (Å²) in [7, 11) is 0. The summed E-state index contributed by atoms with van der Waals surface area (Å²) >= 11 is 3.37. The molecule has 2 aromatic carbocycles. The number of nitro benzene ring substituents is 1. The summed E-state index contributed by atoms with van der Waals surface area (Å²) in [6.45, 7) is 0.295. The van der Waals surface area contributed by atoms with Crippen molar-refractivity contribution in [2.75, 3.05) is 0 Å². The standard InChI is InChI=1S/C14H11BrN2O4/c15-12-3-1-2-10(6-12)9-21-14-5-4-13(17(19)20)7-11(14)8-16-18/h1-8,18H,9H2/b16-8+. The molecule has 0 saturated carbocycles. The van der Waals surface area contributed by atoms with Gasteiger partial charge in [0.05, 0.1) is 11.1 Å². The maximum absolute atomic E-state index is 10.7. The summed E-state index contributed by atoms with van der Waals surface area (Å²) < 4.78 is 6.55. The van der Waals surface area contributed by atoms with E-state index in [0.29, 0.717) is 17.9 Å². The minimum absolute atomic E-state index is 0.0975. The molecule has 0 aliphatic rings. The first kappa shape index (κ1) is 15.0. The number of ether oxygens (including phenoxy) is 1. The third-order valence-electron chi connectivity index (χ3n) is 2.68. The van der Waals surface area contributed by atoms with Crippen molar-refractivity contribution in [1.82, 2.24) is 0 Å². The smallest absolute Gasteiger partial charge is 0.270 e. The van der Waals surface area contributed by atoms with Crippen molar-refractivity contribution in [2.45, 2.75) is 6.61 Å². The highest BCUT2D eigenvalue weighted by Crippen LogP contribution is 2.24. The molecule has 2 aromatic rings. The lowest BCUT2D eigenvalue weighted by Gasteiger charge is -2.09. The molecule has 0 radical (unpaired) electrons. The first-order valence-electron chi connectivity index (χ1n) is 5.93. The van der Waals surface area contributed by atoms with E-state index in [1.54, 1.807) is 0 Å². The molecule has 6 nitrogen and oxygen atoms in total. The van der Waals surface area contributed by atoms with Crippen LogP contribution < -0.4 is 4.74 Å². The van der Waals surface area contributed by atoms with Gasteiger partial charge < -0.3 is 9.94 Å². The Morgan fingerprint density at radius 2 is 2.14 bits per heavy atom. The molecule has 0 spiro atoms. The molecular formula is C14H11BrN2O4. The van der Waals surface area contributed by atoms with E-state index in [4.69, 9.17) is 9.94 Å². The van der Waals surface area contributed by atoms with E-state index in [0.717, 1.165) is 16.3 Å². The van der Waals surface area contributed by atoms with E-state index in [-0.39, 0.29) is 5.69 Å². The van der Waals surface area contributed by atoms with Crippen molar-refractivity contribution < 1.29 is 14.9 Å². The number of hydrogen-bond donors (Lipinski definition) is 1. The highest BCUT2D eigenvalue weighted by molar-refractivity contribution is 9.10. The predicted octanol–water partition coefficient (Wildman–Crippen LogP) is 3.74. The molecular weight excluding hydrogens is 340 g/mol. The Labute approximate surface area is 128 Å². The van der Waals surface area contributed by atoms with Crippen LogP contribution in [0.3, 0.4) is 0 Å². The van der Waals surface area contributed by atoms with Gasteiger partial charge in [0, 0.05) is 22.2 Å². The first-order chi connectivity index (χ1) is 10.1. The average molecular weight is 351 g/mol. The lowest BCUT2D eigenvalue weighted by atomic mass is 10.2. The number of non-ortho nitro benzene ring substituents is 1. The van der Waals surface area contributed by atoms with Crippen LogP contribution in [0.4, 0.5) is 5.69 Å². The second-order valence-corrected chi connectivity index (χ2v) is 5.06. The van der Waals surface area contributed by atoms with Crippen molar-refractivity contribution in [3.8, 4) is 5.75 Å². The Bertz CT molecular complexity index is 688. The summed E-state index contributed by atoms with van der Waals surface area (Å²) in [6.07, 6.45) is 1.10. The second kappa shape index (κ2) is 6.85. The number of rotatable bonds is 5. The molecule has 0 bridgehead atoms. The molecule has 0 aromatic heterocycles. The highest BCUT2D eigenvalue weighted by Gasteiger charge is 2.11. The maximum atomic E-state index is 10.7. The largest absolute Gasteiger partial charge is 0.488 e. The Kier molecular flexibility index (Phi) is 4.89. The number of halogens is 1. The molecule has 0 fully saturated rings. The fourth-order valence-corrected chi connectivity index (χ4v) is 2.18. The van der Waals surface area contributed by atoms with Crippen LogP contribution in [-0.4, -0.2) is 16.3 Å². The molecule has 21 heavy (non-hydrogen) atoms. The predicted molar refractivity (Wildman–Crippen MR) is 81.0 cm³/mol. The normalized spacial score (nSPS) is 10.7. The van der Waals surface area contributed by atoms with Crippen LogP contribution in [0.15, 0.2) is 52.1 Å². The van der Waals surface area contributed by atoms with Crippen molar-refractivity contribution >= 4 is 27.8 Å². The highest BCUT2D eigenvalue weighted by atomic mass is 79.9. The Morgan fingerprint density at radius 1 is 1.33 bits per heavy atom. The Hall–Kier alpha value is -2.41. The molecule has 2 rings (SSSR count). The third kappa shape index (κ3) is 4.03. The van der Waals surface area contributed by atoms with Gasteiger partial charge in [-0.05, 0) is 23.8 Å². The van der Waals surface area contributed by atoms with Gasteiger partial charge in [-0.15, -0.1) is 0 Å². The molecule has 1 N–H and O–H groups in total. The van der Waals surface area contributed by atoms with Gasteiger partial charge in [0.15, 0.2) is 0 Å². The zero-order chi connectivity index (χ0) is 15.2. The van der Waals surface area contributed by atoms with Crippen LogP contribution in [0.2, 0.25) is 0 Å². The second-order valence-electron chi connectivity index (χ2n) is 4.14. The van der Waals surface area contributed by atoms with Crippen LogP contribution in [-0.2, 0) is 6.61 Å². The van der Waals surface area contributed by atoms with Gasteiger partial charge in [-0.2, -0.15) is 0 Å². The maximum Gasteiger partial charge on any atom is 0.270 e. The quantitative estimate of drug-likeness (QED) is 0.385. The fraction of sp³-hybridized carbons (Fsp3) is 0.0714. The Morgan fingerprint density at radius 3 is 2.81 bits per heavy atom. The Balaban J connectivity index is 2.21. The van der Waals surface area contributed by atoms with Gasteiger partial charge in [-0.3, -0.25) is 10.1 Å². The molecule has 0 aliphatic carbocycles. The van der Waals surface area contributed by atoms with Gasteiger partial charge in [0.25, 0.3) is 5.69 Å². The number of benzene rings is 2. The topological polar surface area (TPSA) is 85.0 Å². The summed E-state index contributed by atoms with van der Waals surface area (Å²) in [5, 5.41) is 22.3. The van der Waals surface area contributed by atoms with Gasteiger partial charge in [0.2, 0.25) is 0 Å². The number of nitro groups is 1.